The highest BCUT2D eigenvalue weighted by Gasteiger charge is 2.13. The van der Waals surface area contributed by atoms with Crippen molar-refractivity contribution >= 4 is 0 Å². The lowest BCUT2D eigenvalue weighted by Gasteiger charge is -2.28. The van der Waals surface area contributed by atoms with E-state index in [0.29, 0.717) is 0 Å². The smallest absolute Gasteiger partial charge is 0.0594 e. The van der Waals surface area contributed by atoms with E-state index >= 15 is 0 Å². The van der Waals surface area contributed by atoms with Gasteiger partial charge in [-0.25, -0.2) is 0 Å². The van der Waals surface area contributed by atoms with Crippen LogP contribution >= 0.6 is 0 Å². The predicted molar refractivity (Wildman–Crippen MR) is 61.5 cm³/mol. The number of allylic oxidation sites excluding steroid dienone is 3. The minimum absolute atomic E-state index is 0.874. The molecule has 2 rings (SSSR count). The van der Waals surface area contributed by atoms with Crippen molar-refractivity contribution in [3.63, 3.8) is 0 Å². The molecule has 0 aromatic rings. The highest BCUT2D eigenvalue weighted by Crippen LogP contribution is 2.18. The summed E-state index contributed by atoms with van der Waals surface area (Å²) in [7, 11) is 0. The molecule has 15 heavy (non-hydrogen) atoms. The van der Waals surface area contributed by atoms with Gasteiger partial charge in [0.2, 0.25) is 0 Å². The van der Waals surface area contributed by atoms with Crippen molar-refractivity contribution in [2.75, 3.05) is 32.8 Å². The Morgan fingerprint density at radius 1 is 1.27 bits per heavy atom. The van der Waals surface area contributed by atoms with Crippen LogP contribution in [-0.4, -0.2) is 37.7 Å². The Morgan fingerprint density at radius 3 is 2.67 bits per heavy atom. The summed E-state index contributed by atoms with van der Waals surface area (Å²) in [4.78, 5) is 2.45. The van der Waals surface area contributed by atoms with Crippen molar-refractivity contribution in [3.05, 3.63) is 23.3 Å². The van der Waals surface area contributed by atoms with E-state index < -0.39 is 0 Å². The van der Waals surface area contributed by atoms with Crippen molar-refractivity contribution in [2.45, 2.75) is 12.8 Å². The maximum atomic E-state index is 5.36. The SMILES string of the molecule is C#CC1=CC=C(CN2CCOCC2)CC1. The first-order valence-corrected chi connectivity index (χ1v) is 5.54. The lowest BCUT2D eigenvalue weighted by Crippen LogP contribution is -2.37. The topological polar surface area (TPSA) is 12.5 Å². The van der Waals surface area contributed by atoms with Gasteiger partial charge in [0.1, 0.15) is 0 Å². The average Bonchev–Trinajstić information content (AvgIpc) is 2.31. The summed E-state index contributed by atoms with van der Waals surface area (Å²) in [6.07, 6.45) is 11.8. The second-order valence-electron chi connectivity index (χ2n) is 4.05. The molecule has 0 aromatic carbocycles. The van der Waals surface area contributed by atoms with E-state index in [1.54, 1.807) is 0 Å². The van der Waals surface area contributed by atoms with Gasteiger partial charge in [-0.3, -0.25) is 4.90 Å². The van der Waals surface area contributed by atoms with Gasteiger partial charge in [0, 0.05) is 25.2 Å². The number of ether oxygens (including phenoxy) is 1. The van der Waals surface area contributed by atoms with Crippen LogP contribution < -0.4 is 0 Å². The van der Waals surface area contributed by atoms with E-state index in [9.17, 15) is 0 Å². The molecule has 0 radical (unpaired) electrons. The van der Waals surface area contributed by atoms with Crippen molar-refractivity contribution < 1.29 is 4.74 Å². The molecular weight excluding hydrogens is 186 g/mol. The molecule has 0 N–H and O–H groups in total. The average molecular weight is 203 g/mol. The fourth-order valence-electron chi connectivity index (χ4n) is 1.98. The normalized spacial score (nSPS) is 22.9. The number of hydrogen-bond acceptors (Lipinski definition) is 2. The Bertz CT molecular complexity index is 316. The third-order valence-electron chi connectivity index (χ3n) is 2.95. The first-order chi connectivity index (χ1) is 7.38. The van der Waals surface area contributed by atoms with Gasteiger partial charge in [-0.2, -0.15) is 0 Å². The van der Waals surface area contributed by atoms with Gasteiger partial charge in [-0.1, -0.05) is 23.6 Å². The molecule has 2 aliphatic rings. The predicted octanol–water partition coefficient (Wildman–Crippen LogP) is 1.60. The van der Waals surface area contributed by atoms with Crippen molar-refractivity contribution in [2.24, 2.45) is 0 Å². The summed E-state index contributed by atoms with van der Waals surface area (Å²) in [5, 5.41) is 0. The van der Waals surface area contributed by atoms with Gasteiger partial charge in [-0.15, -0.1) is 6.42 Å². The maximum absolute atomic E-state index is 5.36. The standard InChI is InChI=1S/C13H17NO/c1-2-12-3-5-13(6-4-12)11-14-7-9-15-10-8-14/h1,3,5H,4,6-11H2. The molecule has 1 aliphatic heterocycles. The van der Waals surface area contributed by atoms with Gasteiger partial charge >= 0.3 is 0 Å². The zero-order valence-electron chi connectivity index (χ0n) is 9.04. The van der Waals surface area contributed by atoms with Gasteiger partial charge < -0.3 is 4.74 Å². The first-order valence-electron chi connectivity index (χ1n) is 5.54. The summed E-state index contributed by atoms with van der Waals surface area (Å²) in [5.74, 6) is 2.71. The van der Waals surface area contributed by atoms with Crippen LogP contribution in [-0.2, 0) is 4.74 Å². The minimum atomic E-state index is 0.874. The van der Waals surface area contributed by atoms with Crippen LogP contribution in [0.5, 0.6) is 0 Å². The molecule has 0 amide bonds. The fourth-order valence-corrected chi connectivity index (χ4v) is 1.98. The van der Waals surface area contributed by atoms with E-state index in [2.05, 4.69) is 23.0 Å². The van der Waals surface area contributed by atoms with Gasteiger partial charge in [0.25, 0.3) is 0 Å². The van der Waals surface area contributed by atoms with E-state index in [4.69, 9.17) is 11.2 Å². The van der Waals surface area contributed by atoms with Crippen LogP contribution in [0.3, 0.4) is 0 Å². The molecule has 0 saturated carbocycles. The highest BCUT2D eigenvalue weighted by atomic mass is 16.5. The Morgan fingerprint density at radius 2 is 2.07 bits per heavy atom. The molecule has 1 heterocycles. The van der Waals surface area contributed by atoms with Crippen molar-refractivity contribution in [1.82, 2.24) is 4.90 Å². The third-order valence-corrected chi connectivity index (χ3v) is 2.95. The largest absolute Gasteiger partial charge is 0.379 e. The molecule has 1 fully saturated rings. The van der Waals surface area contributed by atoms with Crippen LogP contribution in [0.4, 0.5) is 0 Å². The summed E-state index contributed by atoms with van der Waals surface area (Å²) < 4.78 is 5.32. The maximum Gasteiger partial charge on any atom is 0.0594 e. The van der Waals surface area contributed by atoms with Crippen molar-refractivity contribution in [3.8, 4) is 12.3 Å². The molecule has 0 bridgehead atoms. The molecule has 0 spiro atoms. The number of terminal acetylenes is 1. The van der Waals surface area contributed by atoms with E-state index in [-0.39, 0.29) is 0 Å². The van der Waals surface area contributed by atoms with Gasteiger partial charge in [0.05, 0.1) is 13.2 Å². The second kappa shape index (κ2) is 5.16. The summed E-state index contributed by atoms with van der Waals surface area (Å²) >= 11 is 0. The molecular formula is C13H17NO. The molecule has 0 unspecified atom stereocenters. The number of morpholine rings is 1. The lowest BCUT2D eigenvalue weighted by atomic mass is 9.98. The quantitative estimate of drug-likeness (QED) is 0.632. The van der Waals surface area contributed by atoms with Gasteiger partial charge in [0.15, 0.2) is 0 Å². The Labute approximate surface area is 91.6 Å². The van der Waals surface area contributed by atoms with E-state index in [1.807, 2.05) is 0 Å². The molecule has 0 aromatic heterocycles. The van der Waals surface area contributed by atoms with Gasteiger partial charge in [-0.05, 0) is 12.8 Å². The fraction of sp³-hybridized carbons (Fsp3) is 0.538. The number of hydrogen-bond donors (Lipinski definition) is 0. The van der Waals surface area contributed by atoms with E-state index in [0.717, 1.165) is 51.3 Å². The van der Waals surface area contributed by atoms with E-state index in [1.165, 1.54) is 5.57 Å². The highest BCUT2D eigenvalue weighted by molar-refractivity contribution is 5.35. The Balaban J connectivity index is 1.87. The van der Waals surface area contributed by atoms with Crippen LogP contribution in [0.25, 0.3) is 0 Å². The molecule has 1 saturated heterocycles. The molecule has 2 nitrogen and oxygen atoms in total. The summed E-state index contributed by atoms with van der Waals surface area (Å²) in [5.41, 5.74) is 2.62. The van der Waals surface area contributed by atoms with Crippen LogP contribution in [0.15, 0.2) is 23.3 Å². The Hall–Kier alpha value is -1.04. The number of rotatable bonds is 2. The zero-order chi connectivity index (χ0) is 10.5. The Kier molecular flexibility index (Phi) is 3.60. The summed E-state index contributed by atoms with van der Waals surface area (Å²) in [6, 6.07) is 0. The molecule has 1 aliphatic carbocycles. The summed E-state index contributed by atoms with van der Waals surface area (Å²) in [6.45, 7) is 4.95. The van der Waals surface area contributed by atoms with Crippen LogP contribution in [0.2, 0.25) is 0 Å². The second-order valence-corrected chi connectivity index (χ2v) is 4.05. The zero-order valence-corrected chi connectivity index (χ0v) is 9.04. The first kappa shape index (κ1) is 10.5. The monoisotopic (exact) mass is 203 g/mol. The number of nitrogens with zero attached hydrogens (tertiary/aromatic N) is 1. The van der Waals surface area contributed by atoms with Crippen LogP contribution in [0, 0.1) is 12.3 Å². The minimum Gasteiger partial charge on any atom is -0.379 e. The molecule has 2 heteroatoms. The third kappa shape index (κ3) is 2.95. The van der Waals surface area contributed by atoms with Crippen molar-refractivity contribution in [1.29, 1.82) is 0 Å². The molecule has 0 atom stereocenters. The van der Waals surface area contributed by atoms with Crippen LogP contribution in [0.1, 0.15) is 12.8 Å². The molecule has 80 valence electrons. The lowest BCUT2D eigenvalue weighted by molar-refractivity contribution is 0.0419.